The van der Waals surface area contributed by atoms with Gasteiger partial charge in [-0.05, 0) is 45.8 Å². The lowest BCUT2D eigenvalue weighted by atomic mass is 10.2. The van der Waals surface area contributed by atoms with Crippen molar-refractivity contribution in [3.05, 3.63) is 57.5 Å². The van der Waals surface area contributed by atoms with Gasteiger partial charge in [0.15, 0.2) is 0 Å². The summed E-state index contributed by atoms with van der Waals surface area (Å²) in [6, 6.07) is 13.6. The molecule has 2 nitrogen and oxygen atoms in total. The lowest BCUT2D eigenvalue weighted by Crippen LogP contribution is -2.00. The van der Waals surface area contributed by atoms with Crippen LogP contribution < -0.4 is 10.1 Å². The molecule has 94 valence electrons. The number of methoxy groups -OCH3 is 1. The highest BCUT2D eigenvalue weighted by Gasteiger charge is 2.02. The molecule has 0 aliphatic carbocycles. The highest BCUT2D eigenvalue weighted by Crippen LogP contribution is 2.27. The van der Waals surface area contributed by atoms with Gasteiger partial charge < -0.3 is 10.1 Å². The largest absolute Gasteiger partial charge is 0.497 e. The SMILES string of the molecule is COc1ccc(Br)c(NCc2cccc(Cl)c2)c1. The average Bonchev–Trinajstić information content (AvgIpc) is 2.38. The molecule has 0 amide bonds. The molecule has 18 heavy (non-hydrogen) atoms. The van der Waals surface area contributed by atoms with Crippen LogP contribution >= 0.6 is 27.5 Å². The lowest BCUT2D eigenvalue weighted by molar-refractivity contribution is 0.415. The van der Waals surface area contributed by atoms with Crippen LogP contribution in [0.2, 0.25) is 5.02 Å². The molecular formula is C14H13BrClNO. The molecule has 2 aromatic carbocycles. The second kappa shape index (κ2) is 6.12. The van der Waals surface area contributed by atoms with Gasteiger partial charge in [0.05, 0.1) is 12.8 Å². The summed E-state index contributed by atoms with van der Waals surface area (Å²) in [5.74, 6) is 0.826. The molecule has 0 saturated heterocycles. The standard InChI is InChI=1S/C14H13BrClNO/c1-18-12-5-6-13(15)14(8-12)17-9-10-3-2-4-11(16)7-10/h2-8,17H,9H2,1H3. The van der Waals surface area contributed by atoms with Gasteiger partial charge >= 0.3 is 0 Å². The fourth-order valence-corrected chi connectivity index (χ4v) is 2.21. The summed E-state index contributed by atoms with van der Waals surface area (Å²) < 4.78 is 6.20. The van der Waals surface area contributed by atoms with E-state index in [2.05, 4.69) is 21.2 Å². The molecule has 0 radical (unpaired) electrons. The van der Waals surface area contributed by atoms with Gasteiger partial charge in [-0.2, -0.15) is 0 Å². The Kier molecular flexibility index (Phi) is 4.50. The van der Waals surface area contributed by atoms with Crippen LogP contribution in [0.3, 0.4) is 0 Å². The zero-order valence-electron chi connectivity index (χ0n) is 9.91. The van der Waals surface area contributed by atoms with E-state index in [9.17, 15) is 0 Å². The number of hydrogen-bond acceptors (Lipinski definition) is 2. The van der Waals surface area contributed by atoms with Crippen molar-refractivity contribution in [2.45, 2.75) is 6.54 Å². The third-order valence-corrected chi connectivity index (χ3v) is 3.47. The Morgan fingerprint density at radius 2 is 2.06 bits per heavy atom. The van der Waals surface area contributed by atoms with E-state index in [0.717, 1.165) is 26.5 Å². The van der Waals surface area contributed by atoms with E-state index < -0.39 is 0 Å². The Hall–Kier alpha value is -1.19. The molecule has 0 heterocycles. The molecule has 0 saturated carbocycles. The maximum absolute atomic E-state index is 5.95. The van der Waals surface area contributed by atoms with Gasteiger partial charge in [0.2, 0.25) is 0 Å². The first-order valence-corrected chi connectivity index (χ1v) is 6.68. The van der Waals surface area contributed by atoms with E-state index in [1.807, 2.05) is 42.5 Å². The number of halogens is 2. The maximum atomic E-state index is 5.95. The Morgan fingerprint density at radius 3 is 2.78 bits per heavy atom. The topological polar surface area (TPSA) is 21.3 Å². The third-order valence-electron chi connectivity index (χ3n) is 2.55. The Balaban J connectivity index is 2.10. The molecule has 1 N–H and O–H groups in total. The summed E-state index contributed by atoms with van der Waals surface area (Å²) in [4.78, 5) is 0. The third kappa shape index (κ3) is 3.40. The van der Waals surface area contributed by atoms with Crippen LogP contribution in [0.4, 0.5) is 5.69 Å². The summed E-state index contributed by atoms with van der Waals surface area (Å²) in [7, 11) is 1.66. The number of anilines is 1. The molecule has 0 unspecified atom stereocenters. The first-order valence-electron chi connectivity index (χ1n) is 5.51. The van der Waals surface area contributed by atoms with Crippen LogP contribution in [0, 0.1) is 0 Å². The van der Waals surface area contributed by atoms with Crippen molar-refractivity contribution in [1.29, 1.82) is 0 Å². The van der Waals surface area contributed by atoms with Crippen molar-refractivity contribution < 1.29 is 4.74 Å². The molecule has 4 heteroatoms. The Bertz CT molecular complexity index is 545. The summed E-state index contributed by atoms with van der Waals surface area (Å²) in [5, 5.41) is 4.09. The minimum Gasteiger partial charge on any atom is -0.497 e. The zero-order valence-corrected chi connectivity index (χ0v) is 12.3. The fourth-order valence-electron chi connectivity index (χ4n) is 1.61. The quantitative estimate of drug-likeness (QED) is 0.877. The molecule has 0 atom stereocenters. The minimum atomic E-state index is 0.715. The lowest BCUT2D eigenvalue weighted by Gasteiger charge is -2.10. The normalized spacial score (nSPS) is 10.2. The van der Waals surface area contributed by atoms with E-state index >= 15 is 0 Å². The van der Waals surface area contributed by atoms with E-state index in [-0.39, 0.29) is 0 Å². The number of nitrogens with one attached hydrogen (secondary N) is 1. The van der Waals surface area contributed by atoms with Gasteiger partial charge in [0.1, 0.15) is 5.75 Å². The molecule has 0 spiro atoms. The first kappa shape index (κ1) is 13.2. The van der Waals surface area contributed by atoms with E-state index in [0.29, 0.717) is 6.54 Å². The Morgan fingerprint density at radius 1 is 1.22 bits per heavy atom. The molecule has 2 aromatic rings. The molecule has 2 rings (SSSR count). The van der Waals surface area contributed by atoms with Gasteiger partial charge in [-0.15, -0.1) is 0 Å². The summed E-state index contributed by atoms with van der Waals surface area (Å²) >= 11 is 9.45. The van der Waals surface area contributed by atoms with Gasteiger partial charge in [-0.25, -0.2) is 0 Å². The van der Waals surface area contributed by atoms with Crippen LogP contribution in [-0.2, 0) is 6.54 Å². The average molecular weight is 327 g/mol. The van der Waals surface area contributed by atoms with E-state index in [1.165, 1.54) is 0 Å². The monoisotopic (exact) mass is 325 g/mol. The first-order chi connectivity index (χ1) is 8.69. The van der Waals surface area contributed by atoms with Gasteiger partial charge in [-0.1, -0.05) is 23.7 Å². The number of hydrogen-bond donors (Lipinski definition) is 1. The van der Waals surface area contributed by atoms with Crippen molar-refractivity contribution >= 4 is 33.2 Å². The van der Waals surface area contributed by atoms with Crippen LogP contribution in [0.1, 0.15) is 5.56 Å². The van der Waals surface area contributed by atoms with E-state index in [1.54, 1.807) is 7.11 Å². The number of benzene rings is 2. The molecular weight excluding hydrogens is 314 g/mol. The van der Waals surface area contributed by atoms with E-state index in [4.69, 9.17) is 16.3 Å². The van der Waals surface area contributed by atoms with Crippen LogP contribution in [-0.4, -0.2) is 7.11 Å². The van der Waals surface area contributed by atoms with Crippen molar-refractivity contribution in [1.82, 2.24) is 0 Å². The number of ether oxygens (including phenoxy) is 1. The number of rotatable bonds is 4. The summed E-state index contributed by atoms with van der Waals surface area (Å²) in [6.07, 6.45) is 0. The molecule has 0 aliphatic heterocycles. The predicted octanol–water partition coefficient (Wildman–Crippen LogP) is 4.72. The highest BCUT2D eigenvalue weighted by atomic mass is 79.9. The van der Waals surface area contributed by atoms with Gasteiger partial charge in [-0.3, -0.25) is 0 Å². The molecule has 0 aromatic heterocycles. The van der Waals surface area contributed by atoms with Gasteiger partial charge in [0.25, 0.3) is 0 Å². The fraction of sp³-hybridized carbons (Fsp3) is 0.143. The molecule has 0 bridgehead atoms. The Labute approximate surface area is 120 Å². The second-order valence-corrected chi connectivity index (χ2v) is 5.12. The van der Waals surface area contributed by atoms with Crippen molar-refractivity contribution in [2.24, 2.45) is 0 Å². The summed E-state index contributed by atoms with van der Waals surface area (Å²) in [6.45, 7) is 0.715. The van der Waals surface area contributed by atoms with Crippen molar-refractivity contribution in [2.75, 3.05) is 12.4 Å². The predicted molar refractivity (Wildman–Crippen MR) is 79.5 cm³/mol. The van der Waals surface area contributed by atoms with Crippen LogP contribution in [0.25, 0.3) is 0 Å². The van der Waals surface area contributed by atoms with Crippen molar-refractivity contribution in [3.63, 3.8) is 0 Å². The van der Waals surface area contributed by atoms with Crippen LogP contribution in [0.15, 0.2) is 46.9 Å². The van der Waals surface area contributed by atoms with Gasteiger partial charge in [0, 0.05) is 22.1 Å². The molecule has 0 fully saturated rings. The maximum Gasteiger partial charge on any atom is 0.121 e. The second-order valence-electron chi connectivity index (χ2n) is 3.83. The summed E-state index contributed by atoms with van der Waals surface area (Å²) in [5.41, 5.74) is 2.13. The highest BCUT2D eigenvalue weighted by molar-refractivity contribution is 9.10. The van der Waals surface area contributed by atoms with Crippen LogP contribution in [0.5, 0.6) is 5.75 Å². The molecule has 0 aliphatic rings. The van der Waals surface area contributed by atoms with Crippen molar-refractivity contribution in [3.8, 4) is 5.75 Å². The zero-order chi connectivity index (χ0) is 13.0. The minimum absolute atomic E-state index is 0.715. The smallest absolute Gasteiger partial charge is 0.121 e.